The minimum atomic E-state index is -5.24. The molecule has 0 aromatic heterocycles. The average molecular weight is 340 g/mol. The topological polar surface area (TPSA) is 60.7 Å². The Morgan fingerprint density at radius 3 is 1.58 bits per heavy atom. The Bertz CT molecular complexity index is 894. The SMILES string of the molecule is Cc1ccccc1-c1ccccc1P(O)(O)(O)c1ccccc1C. The molecule has 0 bridgehead atoms. The summed E-state index contributed by atoms with van der Waals surface area (Å²) in [7, 11) is -5.24. The Balaban J connectivity index is 2.31. The summed E-state index contributed by atoms with van der Waals surface area (Å²) in [5.74, 6) is 0. The molecule has 0 heterocycles. The van der Waals surface area contributed by atoms with Crippen LogP contribution >= 0.6 is 7.28 Å². The van der Waals surface area contributed by atoms with Crippen LogP contribution in [0.1, 0.15) is 11.1 Å². The molecule has 0 aliphatic rings. The molecule has 0 saturated heterocycles. The summed E-state index contributed by atoms with van der Waals surface area (Å²) in [4.78, 5) is 33.2. The van der Waals surface area contributed by atoms with E-state index in [4.69, 9.17) is 0 Å². The molecule has 3 aromatic carbocycles. The molecule has 0 fully saturated rings. The van der Waals surface area contributed by atoms with Gasteiger partial charge in [0.05, 0.1) is 0 Å². The van der Waals surface area contributed by atoms with Gasteiger partial charge in [-0.15, -0.1) is 0 Å². The van der Waals surface area contributed by atoms with E-state index in [1.165, 1.54) is 0 Å². The van der Waals surface area contributed by atoms with Gasteiger partial charge >= 0.3 is 141 Å². The first-order valence-electron chi connectivity index (χ1n) is 7.78. The standard InChI is InChI=1S/C20H21O3P/c1-15-9-3-5-11-17(15)18-12-6-8-14-20(18)24(21,22,23)19-13-7-4-10-16(19)2/h3-14,21-23H,1-2H3. The molecular weight excluding hydrogens is 319 g/mol. The summed E-state index contributed by atoms with van der Waals surface area (Å²) in [5, 5.41) is 0.330. The maximum atomic E-state index is 11.1. The van der Waals surface area contributed by atoms with E-state index in [0.717, 1.165) is 11.1 Å². The Kier molecular flexibility index (Phi) is 4.06. The summed E-state index contributed by atoms with van der Waals surface area (Å²) in [5.41, 5.74) is 3.14. The fourth-order valence-electron chi connectivity index (χ4n) is 3.09. The monoisotopic (exact) mass is 340 g/mol. The van der Waals surface area contributed by atoms with Crippen molar-refractivity contribution in [1.29, 1.82) is 0 Å². The predicted molar refractivity (Wildman–Crippen MR) is 101 cm³/mol. The fraction of sp³-hybridized carbons (Fsp3) is 0.100. The summed E-state index contributed by atoms with van der Waals surface area (Å²) in [6.07, 6.45) is 0. The molecule has 3 aromatic rings. The third kappa shape index (κ3) is 2.77. The molecule has 3 rings (SSSR count). The predicted octanol–water partition coefficient (Wildman–Crippen LogP) is 3.20. The molecule has 0 radical (unpaired) electrons. The molecular formula is C20H21O3P. The molecule has 3 nitrogen and oxygen atoms in total. The van der Waals surface area contributed by atoms with Crippen molar-refractivity contribution >= 4 is 17.9 Å². The van der Waals surface area contributed by atoms with Gasteiger partial charge in [0, 0.05) is 0 Å². The maximum absolute atomic E-state index is 11.1. The van der Waals surface area contributed by atoms with Gasteiger partial charge in [0.2, 0.25) is 0 Å². The van der Waals surface area contributed by atoms with Crippen molar-refractivity contribution in [3.8, 4) is 11.1 Å². The Morgan fingerprint density at radius 2 is 1.00 bits per heavy atom. The Hall–Kier alpha value is -2.03. The van der Waals surface area contributed by atoms with Crippen molar-refractivity contribution in [3.05, 3.63) is 83.9 Å². The minimum absolute atomic E-state index is 0.159. The summed E-state index contributed by atoms with van der Waals surface area (Å²) < 4.78 is 0. The molecule has 0 amide bonds. The Labute approximate surface area is 142 Å². The summed E-state index contributed by atoms with van der Waals surface area (Å²) in [6, 6.07) is 21.5. The molecule has 0 spiro atoms. The first-order chi connectivity index (χ1) is 11.3. The van der Waals surface area contributed by atoms with Crippen molar-refractivity contribution in [1.82, 2.24) is 0 Å². The van der Waals surface area contributed by atoms with Crippen molar-refractivity contribution in [2.45, 2.75) is 13.8 Å². The van der Waals surface area contributed by atoms with E-state index >= 15 is 0 Å². The molecule has 0 aliphatic carbocycles. The number of hydrogen-bond donors (Lipinski definition) is 3. The molecule has 0 saturated carbocycles. The normalized spacial score (nSPS) is 13.3. The van der Waals surface area contributed by atoms with Crippen molar-refractivity contribution in [2.24, 2.45) is 0 Å². The van der Waals surface area contributed by atoms with Gasteiger partial charge in [-0.05, 0) is 0 Å². The molecule has 0 atom stereocenters. The molecule has 4 heteroatoms. The zero-order chi connectivity index (χ0) is 17.4. The van der Waals surface area contributed by atoms with Crippen LogP contribution in [-0.2, 0) is 0 Å². The van der Waals surface area contributed by atoms with Crippen LogP contribution in [0.2, 0.25) is 0 Å². The Morgan fingerprint density at radius 1 is 0.542 bits per heavy atom. The molecule has 3 N–H and O–H groups in total. The number of rotatable bonds is 3. The van der Waals surface area contributed by atoms with Crippen LogP contribution in [0.15, 0.2) is 72.8 Å². The first-order valence-corrected chi connectivity index (χ1v) is 9.87. The third-order valence-electron chi connectivity index (χ3n) is 4.34. The van der Waals surface area contributed by atoms with Crippen LogP contribution in [0.25, 0.3) is 11.1 Å². The van der Waals surface area contributed by atoms with Crippen LogP contribution in [0.3, 0.4) is 0 Å². The molecule has 0 aliphatic heterocycles. The van der Waals surface area contributed by atoms with Crippen LogP contribution in [0.4, 0.5) is 0 Å². The van der Waals surface area contributed by atoms with Crippen molar-refractivity contribution < 1.29 is 14.7 Å². The van der Waals surface area contributed by atoms with Gasteiger partial charge in [-0.1, -0.05) is 0 Å². The average Bonchev–Trinajstić information content (AvgIpc) is 2.55. The van der Waals surface area contributed by atoms with Gasteiger partial charge in [-0.3, -0.25) is 0 Å². The van der Waals surface area contributed by atoms with Gasteiger partial charge in [-0.2, -0.15) is 0 Å². The molecule has 0 unspecified atom stereocenters. The van der Waals surface area contributed by atoms with Gasteiger partial charge < -0.3 is 0 Å². The van der Waals surface area contributed by atoms with Gasteiger partial charge in [0.1, 0.15) is 0 Å². The van der Waals surface area contributed by atoms with Crippen LogP contribution in [0, 0.1) is 13.8 Å². The number of aryl methyl sites for hydroxylation is 2. The van der Waals surface area contributed by atoms with Crippen molar-refractivity contribution in [2.75, 3.05) is 0 Å². The van der Waals surface area contributed by atoms with E-state index in [1.54, 1.807) is 49.4 Å². The quantitative estimate of drug-likeness (QED) is 0.642. The van der Waals surface area contributed by atoms with E-state index in [0.29, 0.717) is 11.1 Å². The summed E-state index contributed by atoms with van der Waals surface area (Å²) >= 11 is 0. The summed E-state index contributed by atoms with van der Waals surface area (Å²) in [6.45, 7) is 3.72. The first kappa shape index (κ1) is 16.8. The second kappa shape index (κ2) is 5.80. The number of hydrogen-bond acceptors (Lipinski definition) is 3. The van der Waals surface area contributed by atoms with E-state index in [9.17, 15) is 14.7 Å². The van der Waals surface area contributed by atoms with Crippen LogP contribution in [-0.4, -0.2) is 14.7 Å². The van der Waals surface area contributed by atoms with E-state index < -0.39 is 7.28 Å². The van der Waals surface area contributed by atoms with Crippen LogP contribution in [0.5, 0.6) is 0 Å². The van der Waals surface area contributed by atoms with Gasteiger partial charge in [0.25, 0.3) is 0 Å². The fourth-order valence-corrected chi connectivity index (χ4v) is 5.43. The second-order valence-corrected chi connectivity index (χ2v) is 9.02. The van der Waals surface area contributed by atoms with Gasteiger partial charge in [-0.25, -0.2) is 0 Å². The third-order valence-corrected chi connectivity index (χ3v) is 7.01. The van der Waals surface area contributed by atoms with Crippen molar-refractivity contribution in [3.63, 3.8) is 0 Å². The van der Waals surface area contributed by atoms with Gasteiger partial charge in [0.15, 0.2) is 0 Å². The molecule has 124 valence electrons. The molecule has 24 heavy (non-hydrogen) atoms. The zero-order valence-corrected chi connectivity index (χ0v) is 14.6. The number of benzene rings is 3. The van der Waals surface area contributed by atoms with E-state index in [1.807, 2.05) is 37.3 Å². The second-order valence-electron chi connectivity index (χ2n) is 6.10. The van der Waals surface area contributed by atoms with E-state index in [-0.39, 0.29) is 10.6 Å². The zero-order valence-electron chi connectivity index (χ0n) is 13.7. The van der Waals surface area contributed by atoms with Crippen LogP contribution < -0.4 is 10.6 Å². The van der Waals surface area contributed by atoms with E-state index in [2.05, 4.69) is 0 Å².